The Labute approximate surface area is 181 Å². The number of pyridine rings is 1. The molecule has 0 bridgehead atoms. The Balaban J connectivity index is 1.84. The Morgan fingerprint density at radius 3 is 1.75 bits per heavy atom. The van der Waals surface area contributed by atoms with Gasteiger partial charge in [-0.1, -0.05) is 60.7 Å². The van der Waals surface area contributed by atoms with Crippen molar-refractivity contribution in [3.8, 4) is 0 Å². The van der Waals surface area contributed by atoms with Gasteiger partial charge in [0.15, 0.2) is 5.92 Å². The molecule has 2 aromatic carbocycles. The molecule has 6 nitrogen and oxygen atoms in total. The van der Waals surface area contributed by atoms with Gasteiger partial charge in [-0.25, -0.2) is 0 Å². The third-order valence-electron chi connectivity index (χ3n) is 4.47. The molecule has 1 heterocycles. The number of rotatable bonds is 7. The maximum atomic E-state index is 13.0. The van der Waals surface area contributed by atoms with E-state index in [-0.39, 0.29) is 18.9 Å². The van der Waals surface area contributed by atoms with Crippen molar-refractivity contribution in [3.05, 3.63) is 95.3 Å². The average Bonchev–Trinajstić information content (AvgIpc) is 2.78. The molecule has 0 spiro atoms. The van der Waals surface area contributed by atoms with E-state index in [4.69, 9.17) is 15.2 Å². The number of halogens is 3. The number of anilines is 1. The van der Waals surface area contributed by atoms with Gasteiger partial charge in [-0.05, 0) is 17.2 Å². The molecule has 0 aliphatic carbocycles. The Morgan fingerprint density at radius 2 is 1.34 bits per heavy atom. The van der Waals surface area contributed by atoms with Gasteiger partial charge in [0.1, 0.15) is 13.2 Å². The molecule has 0 aliphatic heterocycles. The van der Waals surface area contributed by atoms with Crippen LogP contribution in [0.2, 0.25) is 0 Å². The van der Waals surface area contributed by atoms with Crippen molar-refractivity contribution >= 4 is 17.6 Å². The minimum Gasteiger partial charge on any atom is -0.460 e. The number of nitrogen functional groups attached to an aromatic ring is 1. The number of esters is 2. The van der Waals surface area contributed by atoms with E-state index in [0.717, 1.165) is 0 Å². The lowest BCUT2D eigenvalue weighted by molar-refractivity contribution is -0.159. The summed E-state index contributed by atoms with van der Waals surface area (Å²) in [5.74, 6) is -3.82. The lowest BCUT2D eigenvalue weighted by atomic mass is 10.0. The quantitative estimate of drug-likeness (QED) is 0.433. The minimum atomic E-state index is -4.68. The topological polar surface area (TPSA) is 91.5 Å². The zero-order valence-corrected chi connectivity index (χ0v) is 16.7. The molecule has 0 unspecified atom stereocenters. The number of hydrogen-bond donors (Lipinski definition) is 1. The summed E-state index contributed by atoms with van der Waals surface area (Å²) in [5.41, 5.74) is 5.10. The third kappa shape index (κ3) is 5.84. The van der Waals surface area contributed by atoms with Crippen LogP contribution in [0.5, 0.6) is 0 Å². The largest absolute Gasteiger partial charge is 0.460 e. The van der Waals surface area contributed by atoms with Crippen LogP contribution in [0.4, 0.5) is 18.9 Å². The normalized spacial score (nSPS) is 11.2. The van der Waals surface area contributed by atoms with Crippen LogP contribution in [0.25, 0.3) is 0 Å². The molecule has 166 valence electrons. The highest BCUT2D eigenvalue weighted by Crippen LogP contribution is 2.32. The summed E-state index contributed by atoms with van der Waals surface area (Å²) in [6.45, 7) is -0.300. The van der Waals surface area contributed by atoms with Crippen molar-refractivity contribution < 1.29 is 32.2 Å². The predicted octanol–water partition coefficient (Wildman–Crippen LogP) is 4.25. The SMILES string of the molecule is Nc1cc(C(F)(F)F)cnc1C(C(=O)OCc1ccccc1)C(=O)OCc1ccccc1. The monoisotopic (exact) mass is 444 g/mol. The predicted molar refractivity (Wildman–Crippen MR) is 109 cm³/mol. The molecule has 0 radical (unpaired) electrons. The van der Waals surface area contributed by atoms with Crippen LogP contribution in [-0.4, -0.2) is 16.9 Å². The molecule has 0 saturated carbocycles. The summed E-state index contributed by atoms with van der Waals surface area (Å²) in [7, 11) is 0. The number of nitrogens with two attached hydrogens (primary N) is 1. The zero-order chi connectivity index (χ0) is 23.1. The minimum absolute atomic E-state index is 0.150. The van der Waals surface area contributed by atoms with E-state index >= 15 is 0 Å². The van der Waals surface area contributed by atoms with E-state index in [1.165, 1.54) is 0 Å². The number of nitrogens with zero attached hydrogens (tertiary/aromatic N) is 1. The van der Waals surface area contributed by atoms with Gasteiger partial charge in [-0.3, -0.25) is 14.6 Å². The molecule has 0 aliphatic rings. The zero-order valence-electron chi connectivity index (χ0n) is 16.7. The highest BCUT2D eigenvalue weighted by molar-refractivity contribution is 6.01. The van der Waals surface area contributed by atoms with Crippen LogP contribution in [0, 0.1) is 0 Å². The van der Waals surface area contributed by atoms with Gasteiger partial charge in [-0.15, -0.1) is 0 Å². The van der Waals surface area contributed by atoms with Crippen LogP contribution in [0.3, 0.4) is 0 Å². The number of ether oxygens (including phenoxy) is 2. The van der Waals surface area contributed by atoms with Crippen molar-refractivity contribution in [2.75, 3.05) is 5.73 Å². The van der Waals surface area contributed by atoms with E-state index in [9.17, 15) is 22.8 Å². The van der Waals surface area contributed by atoms with Crippen LogP contribution >= 0.6 is 0 Å². The smallest absolute Gasteiger partial charge is 0.417 e. The molecule has 3 aromatic rings. The number of hydrogen-bond acceptors (Lipinski definition) is 6. The van der Waals surface area contributed by atoms with Crippen LogP contribution < -0.4 is 5.73 Å². The Kier molecular flexibility index (Phi) is 7.09. The molecule has 1 aromatic heterocycles. The third-order valence-corrected chi connectivity index (χ3v) is 4.47. The second kappa shape index (κ2) is 9.95. The molecule has 0 fully saturated rings. The molecule has 0 amide bonds. The lowest BCUT2D eigenvalue weighted by Gasteiger charge is -2.17. The maximum Gasteiger partial charge on any atom is 0.417 e. The average molecular weight is 444 g/mol. The first-order valence-electron chi connectivity index (χ1n) is 9.49. The number of alkyl halides is 3. The van der Waals surface area contributed by atoms with Crippen molar-refractivity contribution in [2.24, 2.45) is 0 Å². The maximum absolute atomic E-state index is 13.0. The summed E-state index contributed by atoms with van der Waals surface area (Å²) in [6, 6.07) is 18.0. The summed E-state index contributed by atoms with van der Waals surface area (Å²) in [5, 5.41) is 0. The van der Waals surface area contributed by atoms with Gasteiger partial charge >= 0.3 is 18.1 Å². The van der Waals surface area contributed by atoms with Gasteiger partial charge < -0.3 is 15.2 Å². The second-order valence-electron chi connectivity index (χ2n) is 6.82. The van der Waals surface area contributed by atoms with Crippen LogP contribution in [-0.2, 0) is 38.5 Å². The fourth-order valence-electron chi connectivity index (χ4n) is 2.83. The Hall–Kier alpha value is -3.88. The van der Waals surface area contributed by atoms with E-state index in [2.05, 4.69) is 4.98 Å². The van der Waals surface area contributed by atoms with Gasteiger partial charge in [0, 0.05) is 6.20 Å². The van der Waals surface area contributed by atoms with Crippen molar-refractivity contribution in [1.82, 2.24) is 4.98 Å². The standard InChI is InChI=1S/C23H19F3N2O4/c24-23(25,26)17-11-18(27)20(28-12-17)19(21(29)31-13-15-7-3-1-4-8-15)22(30)32-14-16-9-5-2-6-10-16/h1-12,19H,13-14,27H2. The van der Waals surface area contributed by atoms with Crippen molar-refractivity contribution in [3.63, 3.8) is 0 Å². The summed E-state index contributed by atoms with van der Waals surface area (Å²) in [6.07, 6.45) is -4.18. The number of carbonyl (C=O) groups excluding carboxylic acids is 2. The highest BCUT2D eigenvalue weighted by Gasteiger charge is 2.37. The number of aromatic nitrogens is 1. The van der Waals surface area contributed by atoms with Crippen molar-refractivity contribution in [2.45, 2.75) is 25.3 Å². The van der Waals surface area contributed by atoms with E-state index < -0.39 is 35.3 Å². The van der Waals surface area contributed by atoms with Gasteiger partial charge in [0.05, 0.1) is 16.9 Å². The summed E-state index contributed by atoms with van der Waals surface area (Å²) < 4.78 is 49.3. The van der Waals surface area contributed by atoms with Crippen LogP contribution in [0.1, 0.15) is 28.3 Å². The molecular weight excluding hydrogens is 425 g/mol. The molecule has 9 heteroatoms. The number of benzene rings is 2. The molecule has 32 heavy (non-hydrogen) atoms. The molecule has 0 atom stereocenters. The van der Waals surface area contributed by atoms with Crippen molar-refractivity contribution in [1.29, 1.82) is 0 Å². The summed E-state index contributed by atoms with van der Waals surface area (Å²) in [4.78, 5) is 29.2. The molecule has 3 rings (SSSR count). The van der Waals surface area contributed by atoms with Crippen LogP contribution in [0.15, 0.2) is 72.9 Å². The fraction of sp³-hybridized carbons (Fsp3) is 0.174. The molecule has 2 N–H and O–H groups in total. The fourth-order valence-corrected chi connectivity index (χ4v) is 2.83. The van der Waals surface area contributed by atoms with E-state index in [1.54, 1.807) is 60.7 Å². The van der Waals surface area contributed by atoms with Gasteiger partial charge in [-0.2, -0.15) is 13.2 Å². The van der Waals surface area contributed by atoms with E-state index in [0.29, 0.717) is 23.4 Å². The highest BCUT2D eigenvalue weighted by atomic mass is 19.4. The van der Waals surface area contributed by atoms with Gasteiger partial charge in [0.25, 0.3) is 0 Å². The first kappa shape index (κ1) is 22.8. The second-order valence-corrected chi connectivity index (χ2v) is 6.82. The Morgan fingerprint density at radius 1 is 0.875 bits per heavy atom. The lowest BCUT2D eigenvalue weighted by Crippen LogP contribution is -2.28. The summed E-state index contributed by atoms with van der Waals surface area (Å²) >= 11 is 0. The Bertz CT molecular complexity index is 1020. The first-order valence-corrected chi connectivity index (χ1v) is 9.49. The first-order chi connectivity index (χ1) is 15.3. The van der Waals surface area contributed by atoms with Gasteiger partial charge in [0.2, 0.25) is 0 Å². The van der Waals surface area contributed by atoms with E-state index in [1.807, 2.05) is 0 Å². The number of carbonyl (C=O) groups is 2. The molecular formula is C23H19F3N2O4. The molecule has 0 saturated heterocycles.